The third-order valence-corrected chi connectivity index (χ3v) is 2.47. The van der Waals surface area contributed by atoms with Crippen LogP contribution in [0, 0.1) is 6.92 Å². The lowest BCUT2D eigenvalue weighted by molar-refractivity contribution is -0.137. The van der Waals surface area contributed by atoms with Gasteiger partial charge in [-0.25, -0.2) is 4.98 Å². The molecule has 0 aliphatic carbocycles. The number of nitrogens with zero attached hydrogens (tertiary/aromatic N) is 3. The molecule has 0 saturated heterocycles. The number of pyridine rings is 1. The van der Waals surface area contributed by atoms with E-state index < -0.39 is 5.97 Å². The number of aliphatic carboxylic acids is 1. The summed E-state index contributed by atoms with van der Waals surface area (Å²) in [6.45, 7) is 1.23. The summed E-state index contributed by atoms with van der Waals surface area (Å²) < 4.78 is 1.12. The summed E-state index contributed by atoms with van der Waals surface area (Å²) in [7, 11) is 0. The lowest BCUT2D eigenvalue weighted by Gasteiger charge is -2.08. The first kappa shape index (κ1) is 12.0. The second-order valence-electron chi connectivity index (χ2n) is 3.74. The molecule has 0 aromatic carbocycles. The topological polar surface area (TPSA) is 85.1 Å². The zero-order valence-corrected chi connectivity index (χ0v) is 9.70. The maximum atomic E-state index is 11.8. The molecule has 6 nitrogen and oxygen atoms in total. The minimum atomic E-state index is -1.07. The van der Waals surface area contributed by atoms with E-state index >= 15 is 0 Å². The Morgan fingerprint density at radius 2 is 2.06 bits per heavy atom. The minimum Gasteiger partial charge on any atom is -0.480 e. The number of hydrogen-bond donors (Lipinski definition) is 1. The normalized spacial score (nSPS) is 10.3. The lowest BCUT2D eigenvalue weighted by Crippen LogP contribution is -2.26. The van der Waals surface area contributed by atoms with Crippen molar-refractivity contribution in [1.82, 2.24) is 14.5 Å². The van der Waals surface area contributed by atoms with Crippen LogP contribution in [0.1, 0.15) is 5.82 Å². The molecule has 0 saturated carbocycles. The summed E-state index contributed by atoms with van der Waals surface area (Å²) in [4.78, 5) is 30.6. The number of aromatic nitrogens is 3. The van der Waals surface area contributed by atoms with E-state index in [4.69, 9.17) is 5.11 Å². The van der Waals surface area contributed by atoms with E-state index in [1.54, 1.807) is 31.5 Å². The average molecular weight is 245 g/mol. The van der Waals surface area contributed by atoms with Crippen LogP contribution in [0.4, 0.5) is 0 Å². The standard InChI is InChI=1S/C12H11N3O3/c1-8-14-10(9-2-4-13-5-3-9)6-11(16)15(8)7-12(17)18/h2-6H,7H2,1H3,(H,17,18). The fraction of sp³-hybridized carbons (Fsp3) is 0.167. The van der Waals surface area contributed by atoms with Crippen LogP contribution >= 0.6 is 0 Å². The zero-order chi connectivity index (χ0) is 13.1. The van der Waals surface area contributed by atoms with E-state index in [0.717, 1.165) is 10.1 Å². The molecular formula is C12H11N3O3. The van der Waals surface area contributed by atoms with Crippen molar-refractivity contribution in [2.45, 2.75) is 13.5 Å². The second kappa shape index (κ2) is 4.79. The Morgan fingerprint density at radius 3 is 2.61 bits per heavy atom. The lowest BCUT2D eigenvalue weighted by atomic mass is 10.2. The van der Waals surface area contributed by atoms with Crippen LogP contribution in [-0.2, 0) is 11.3 Å². The van der Waals surface area contributed by atoms with Crippen molar-refractivity contribution in [1.29, 1.82) is 0 Å². The van der Waals surface area contributed by atoms with Gasteiger partial charge in [-0.3, -0.25) is 19.1 Å². The molecule has 0 fully saturated rings. The largest absolute Gasteiger partial charge is 0.480 e. The van der Waals surface area contributed by atoms with Gasteiger partial charge in [0.1, 0.15) is 12.4 Å². The maximum Gasteiger partial charge on any atom is 0.323 e. The molecule has 2 heterocycles. The Balaban J connectivity index is 2.49. The Morgan fingerprint density at radius 1 is 1.39 bits per heavy atom. The van der Waals surface area contributed by atoms with Crippen molar-refractivity contribution in [3.63, 3.8) is 0 Å². The minimum absolute atomic E-state index is 0.372. The summed E-state index contributed by atoms with van der Waals surface area (Å²) in [6.07, 6.45) is 3.21. The van der Waals surface area contributed by atoms with E-state index in [9.17, 15) is 9.59 Å². The molecule has 1 N–H and O–H groups in total. The van der Waals surface area contributed by atoms with Crippen LogP contribution in [0.3, 0.4) is 0 Å². The quantitative estimate of drug-likeness (QED) is 0.860. The second-order valence-corrected chi connectivity index (χ2v) is 3.74. The van der Waals surface area contributed by atoms with Crippen molar-refractivity contribution in [3.8, 4) is 11.3 Å². The maximum absolute atomic E-state index is 11.8. The molecule has 0 aliphatic rings. The Bertz CT molecular complexity index is 635. The van der Waals surface area contributed by atoms with E-state index in [0.29, 0.717) is 11.5 Å². The smallest absolute Gasteiger partial charge is 0.323 e. The summed E-state index contributed by atoms with van der Waals surface area (Å²) in [5.74, 6) is -0.699. The van der Waals surface area contributed by atoms with E-state index in [2.05, 4.69) is 9.97 Å². The van der Waals surface area contributed by atoms with Gasteiger partial charge in [-0.1, -0.05) is 0 Å². The van der Waals surface area contributed by atoms with Gasteiger partial charge in [0.2, 0.25) is 0 Å². The van der Waals surface area contributed by atoms with Crippen LogP contribution in [0.2, 0.25) is 0 Å². The summed E-state index contributed by atoms with van der Waals surface area (Å²) >= 11 is 0. The van der Waals surface area contributed by atoms with Crippen LogP contribution < -0.4 is 5.56 Å². The number of aryl methyl sites for hydroxylation is 1. The molecule has 0 aliphatic heterocycles. The highest BCUT2D eigenvalue weighted by atomic mass is 16.4. The van der Waals surface area contributed by atoms with Gasteiger partial charge >= 0.3 is 5.97 Å². The number of rotatable bonds is 3. The fourth-order valence-corrected chi connectivity index (χ4v) is 1.62. The molecule has 0 bridgehead atoms. The van der Waals surface area contributed by atoms with Crippen LogP contribution in [0.25, 0.3) is 11.3 Å². The van der Waals surface area contributed by atoms with Gasteiger partial charge in [0.05, 0.1) is 5.69 Å². The van der Waals surface area contributed by atoms with Gasteiger partial charge in [-0.2, -0.15) is 0 Å². The van der Waals surface area contributed by atoms with Crippen molar-refractivity contribution in [3.05, 3.63) is 46.8 Å². The first-order valence-electron chi connectivity index (χ1n) is 5.28. The Hall–Kier alpha value is -2.50. The number of carboxylic acid groups (broad SMARTS) is 1. The molecule has 0 radical (unpaired) electrons. The predicted octanol–water partition coefficient (Wildman–Crippen LogP) is 0.698. The highest BCUT2D eigenvalue weighted by Crippen LogP contribution is 2.13. The highest BCUT2D eigenvalue weighted by Gasteiger charge is 2.09. The number of hydrogen-bond acceptors (Lipinski definition) is 4. The molecule has 2 aromatic rings. The molecular weight excluding hydrogens is 234 g/mol. The SMILES string of the molecule is Cc1nc(-c2ccncc2)cc(=O)n1CC(=O)O. The molecule has 92 valence electrons. The fourth-order valence-electron chi connectivity index (χ4n) is 1.62. The Labute approximate surface area is 103 Å². The monoisotopic (exact) mass is 245 g/mol. The number of carboxylic acids is 1. The Kier molecular flexibility index (Phi) is 3.18. The molecule has 0 amide bonds. The van der Waals surface area contributed by atoms with Gasteiger partial charge in [0, 0.05) is 24.0 Å². The van der Waals surface area contributed by atoms with Gasteiger partial charge in [0.15, 0.2) is 0 Å². The van der Waals surface area contributed by atoms with E-state index in [1.165, 1.54) is 6.07 Å². The first-order valence-corrected chi connectivity index (χ1v) is 5.28. The molecule has 2 aromatic heterocycles. The third-order valence-electron chi connectivity index (χ3n) is 2.47. The van der Waals surface area contributed by atoms with Crippen LogP contribution in [0.5, 0.6) is 0 Å². The van der Waals surface area contributed by atoms with Crippen molar-refractivity contribution in [2.75, 3.05) is 0 Å². The zero-order valence-electron chi connectivity index (χ0n) is 9.70. The van der Waals surface area contributed by atoms with Gasteiger partial charge in [0.25, 0.3) is 5.56 Å². The first-order chi connectivity index (χ1) is 8.58. The summed E-state index contributed by atoms with van der Waals surface area (Å²) in [5, 5.41) is 8.71. The van der Waals surface area contributed by atoms with Gasteiger partial charge < -0.3 is 5.11 Å². The summed E-state index contributed by atoms with van der Waals surface area (Å²) in [6, 6.07) is 4.80. The van der Waals surface area contributed by atoms with Gasteiger partial charge in [-0.05, 0) is 19.1 Å². The van der Waals surface area contributed by atoms with Crippen molar-refractivity contribution in [2.24, 2.45) is 0 Å². The van der Waals surface area contributed by atoms with Crippen molar-refractivity contribution < 1.29 is 9.90 Å². The average Bonchev–Trinajstić information content (AvgIpc) is 2.34. The highest BCUT2D eigenvalue weighted by molar-refractivity contribution is 5.66. The van der Waals surface area contributed by atoms with Crippen molar-refractivity contribution >= 4 is 5.97 Å². The third kappa shape index (κ3) is 2.42. The van der Waals surface area contributed by atoms with E-state index in [-0.39, 0.29) is 12.1 Å². The van der Waals surface area contributed by atoms with Crippen LogP contribution in [0.15, 0.2) is 35.4 Å². The predicted molar refractivity (Wildman–Crippen MR) is 64.1 cm³/mol. The molecule has 0 atom stereocenters. The van der Waals surface area contributed by atoms with Gasteiger partial charge in [-0.15, -0.1) is 0 Å². The molecule has 18 heavy (non-hydrogen) atoms. The van der Waals surface area contributed by atoms with Crippen LogP contribution in [-0.4, -0.2) is 25.6 Å². The van der Waals surface area contributed by atoms with E-state index in [1.807, 2.05) is 0 Å². The molecule has 0 unspecified atom stereocenters. The molecule has 2 rings (SSSR count). The molecule has 6 heteroatoms. The molecule has 0 spiro atoms. The number of carbonyl (C=O) groups is 1. The summed E-state index contributed by atoms with van der Waals surface area (Å²) in [5.41, 5.74) is 0.908.